The zero-order chi connectivity index (χ0) is 10.1. The summed E-state index contributed by atoms with van der Waals surface area (Å²) in [5.41, 5.74) is 7.44. The standard InChI is InChI=1S/C10H11ClFNS/c11-7-1-2-8(12)6-5-14-4-3-9(13)10(6)7/h1-2,9H,3-5,13H2/t9-/m1/s1. The third-order valence-electron chi connectivity index (χ3n) is 2.44. The number of halogens is 2. The lowest BCUT2D eigenvalue weighted by atomic mass is 10.00. The quantitative estimate of drug-likeness (QED) is 0.743. The van der Waals surface area contributed by atoms with E-state index in [9.17, 15) is 4.39 Å². The van der Waals surface area contributed by atoms with Crippen LogP contribution in [-0.4, -0.2) is 5.75 Å². The number of nitrogens with two attached hydrogens (primary N) is 1. The average Bonchev–Trinajstić information content (AvgIpc) is 2.35. The second-order valence-electron chi connectivity index (χ2n) is 3.37. The molecule has 1 aliphatic rings. The van der Waals surface area contributed by atoms with Gasteiger partial charge in [0.25, 0.3) is 0 Å². The van der Waals surface area contributed by atoms with Gasteiger partial charge in [0.05, 0.1) is 0 Å². The zero-order valence-corrected chi connectivity index (χ0v) is 9.17. The highest BCUT2D eigenvalue weighted by atomic mass is 35.5. The van der Waals surface area contributed by atoms with Gasteiger partial charge in [-0.05, 0) is 29.9 Å². The minimum atomic E-state index is -0.186. The summed E-state index contributed by atoms with van der Waals surface area (Å²) >= 11 is 7.73. The molecule has 2 N–H and O–H groups in total. The van der Waals surface area contributed by atoms with Gasteiger partial charge in [0.15, 0.2) is 0 Å². The van der Waals surface area contributed by atoms with Gasteiger partial charge < -0.3 is 5.73 Å². The molecule has 2 rings (SSSR count). The molecule has 0 aromatic heterocycles. The van der Waals surface area contributed by atoms with Crippen molar-refractivity contribution in [1.82, 2.24) is 0 Å². The van der Waals surface area contributed by atoms with Crippen LogP contribution in [-0.2, 0) is 5.75 Å². The summed E-state index contributed by atoms with van der Waals surface area (Å²) in [4.78, 5) is 0. The monoisotopic (exact) mass is 231 g/mol. The van der Waals surface area contributed by atoms with E-state index in [1.165, 1.54) is 6.07 Å². The van der Waals surface area contributed by atoms with Crippen molar-refractivity contribution in [3.05, 3.63) is 34.1 Å². The molecule has 1 aliphatic heterocycles. The molecular weight excluding hydrogens is 221 g/mol. The van der Waals surface area contributed by atoms with Gasteiger partial charge in [0, 0.05) is 22.4 Å². The van der Waals surface area contributed by atoms with Gasteiger partial charge in [-0.15, -0.1) is 0 Å². The van der Waals surface area contributed by atoms with Gasteiger partial charge in [0.2, 0.25) is 0 Å². The predicted octanol–water partition coefficient (Wildman–Crippen LogP) is 3.12. The van der Waals surface area contributed by atoms with Crippen molar-refractivity contribution in [2.75, 3.05) is 5.75 Å². The van der Waals surface area contributed by atoms with E-state index in [-0.39, 0.29) is 11.9 Å². The second kappa shape index (κ2) is 4.09. The molecule has 1 atom stereocenters. The van der Waals surface area contributed by atoms with Crippen molar-refractivity contribution in [1.29, 1.82) is 0 Å². The molecule has 14 heavy (non-hydrogen) atoms. The fourth-order valence-electron chi connectivity index (χ4n) is 1.69. The maximum absolute atomic E-state index is 13.5. The smallest absolute Gasteiger partial charge is 0.127 e. The Balaban J connectivity index is 2.57. The first-order chi connectivity index (χ1) is 6.70. The van der Waals surface area contributed by atoms with E-state index < -0.39 is 0 Å². The Kier molecular flexibility index (Phi) is 3.00. The van der Waals surface area contributed by atoms with E-state index in [1.54, 1.807) is 17.8 Å². The van der Waals surface area contributed by atoms with Gasteiger partial charge in [-0.1, -0.05) is 11.6 Å². The summed E-state index contributed by atoms with van der Waals surface area (Å²) in [6.45, 7) is 0. The third-order valence-corrected chi connectivity index (χ3v) is 3.78. The maximum atomic E-state index is 13.5. The first-order valence-corrected chi connectivity index (χ1v) is 6.03. The van der Waals surface area contributed by atoms with Crippen LogP contribution >= 0.6 is 23.4 Å². The zero-order valence-electron chi connectivity index (χ0n) is 7.59. The van der Waals surface area contributed by atoms with Crippen LogP contribution in [0.3, 0.4) is 0 Å². The summed E-state index contributed by atoms with van der Waals surface area (Å²) in [6.07, 6.45) is 0.862. The van der Waals surface area contributed by atoms with Crippen molar-refractivity contribution in [3.8, 4) is 0 Å². The fraction of sp³-hybridized carbons (Fsp3) is 0.400. The Morgan fingerprint density at radius 3 is 3.07 bits per heavy atom. The first-order valence-electron chi connectivity index (χ1n) is 4.50. The highest BCUT2D eigenvalue weighted by Gasteiger charge is 2.21. The summed E-state index contributed by atoms with van der Waals surface area (Å²) in [7, 11) is 0. The molecule has 0 saturated heterocycles. The lowest BCUT2D eigenvalue weighted by Gasteiger charge is -2.14. The molecule has 0 spiro atoms. The van der Waals surface area contributed by atoms with E-state index in [0.717, 1.165) is 17.7 Å². The Bertz CT molecular complexity index is 356. The highest BCUT2D eigenvalue weighted by Crippen LogP contribution is 2.35. The molecule has 0 aliphatic carbocycles. The molecule has 0 radical (unpaired) electrons. The van der Waals surface area contributed by atoms with E-state index in [2.05, 4.69) is 0 Å². The molecule has 0 unspecified atom stereocenters. The van der Waals surface area contributed by atoms with Gasteiger partial charge in [-0.2, -0.15) is 11.8 Å². The van der Waals surface area contributed by atoms with E-state index in [4.69, 9.17) is 17.3 Å². The molecule has 1 aromatic rings. The number of hydrogen-bond acceptors (Lipinski definition) is 2. The third kappa shape index (κ3) is 1.76. The SMILES string of the molecule is N[C@@H]1CCSCc2c(F)ccc(Cl)c21. The summed E-state index contributed by atoms with van der Waals surface area (Å²) in [6, 6.07) is 2.88. The van der Waals surface area contributed by atoms with Crippen LogP contribution in [0.5, 0.6) is 0 Å². The normalized spacial score (nSPS) is 21.5. The minimum Gasteiger partial charge on any atom is -0.324 e. The number of benzene rings is 1. The number of fused-ring (bicyclic) bond motifs is 1. The van der Waals surface area contributed by atoms with E-state index in [1.807, 2.05) is 0 Å². The molecule has 1 aromatic carbocycles. The van der Waals surface area contributed by atoms with Gasteiger partial charge in [-0.3, -0.25) is 0 Å². The van der Waals surface area contributed by atoms with Crippen molar-refractivity contribution < 1.29 is 4.39 Å². The van der Waals surface area contributed by atoms with Gasteiger partial charge in [0.1, 0.15) is 5.82 Å². The lowest BCUT2D eigenvalue weighted by molar-refractivity contribution is 0.606. The van der Waals surface area contributed by atoms with Gasteiger partial charge >= 0.3 is 0 Å². The number of hydrogen-bond donors (Lipinski definition) is 1. The Hall–Kier alpha value is -0.250. The second-order valence-corrected chi connectivity index (χ2v) is 4.88. The molecule has 1 heterocycles. The molecule has 4 heteroatoms. The van der Waals surface area contributed by atoms with Crippen molar-refractivity contribution in [2.45, 2.75) is 18.2 Å². The van der Waals surface area contributed by atoms with Crippen LogP contribution in [0.2, 0.25) is 5.02 Å². The highest BCUT2D eigenvalue weighted by molar-refractivity contribution is 7.98. The van der Waals surface area contributed by atoms with Gasteiger partial charge in [-0.25, -0.2) is 4.39 Å². The lowest BCUT2D eigenvalue weighted by Crippen LogP contribution is -2.12. The predicted molar refractivity (Wildman–Crippen MR) is 59.1 cm³/mol. The Morgan fingerprint density at radius 1 is 1.50 bits per heavy atom. The average molecular weight is 232 g/mol. The largest absolute Gasteiger partial charge is 0.324 e. The van der Waals surface area contributed by atoms with Crippen molar-refractivity contribution in [3.63, 3.8) is 0 Å². The molecule has 0 fully saturated rings. The molecule has 76 valence electrons. The Morgan fingerprint density at radius 2 is 2.29 bits per heavy atom. The van der Waals surface area contributed by atoms with Crippen LogP contribution in [0.1, 0.15) is 23.6 Å². The number of thioether (sulfide) groups is 1. The topological polar surface area (TPSA) is 26.0 Å². The van der Waals surface area contributed by atoms with Crippen molar-refractivity contribution >= 4 is 23.4 Å². The first kappa shape index (κ1) is 10.3. The fourth-order valence-corrected chi connectivity index (χ4v) is 3.07. The molecule has 0 bridgehead atoms. The minimum absolute atomic E-state index is 0.122. The van der Waals surface area contributed by atoms with E-state index in [0.29, 0.717) is 16.3 Å². The van der Waals surface area contributed by atoms with Crippen LogP contribution < -0.4 is 5.73 Å². The summed E-state index contributed by atoms with van der Waals surface area (Å²) in [5.74, 6) is 1.45. The van der Waals surface area contributed by atoms with Crippen molar-refractivity contribution in [2.24, 2.45) is 5.73 Å². The molecule has 1 nitrogen and oxygen atoms in total. The van der Waals surface area contributed by atoms with Crippen LogP contribution in [0.25, 0.3) is 0 Å². The van der Waals surface area contributed by atoms with Crippen LogP contribution in [0, 0.1) is 5.82 Å². The molecular formula is C10H11ClFNS. The number of rotatable bonds is 0. The van der Waals surface area contributed by atoms with E-state index >= 15 is 0 Å². The summed E-state index contributed by atoms with van der Waals surface area (Å²) < 4.78 is 13.5. The Labute approximate surface area is 91.8 Å². The van der Waals surface area contributed by atoms with Crippen LogP contribution in [0.15, 0.2) is 12.1 Å². The molecule has 0 amide bonds. The maximum Gasteiger partial charge on any atom is 0.127 e. The molecule has 0 saturated carbocycles. The summed E-state index contributed by atoms with van der Waals surface area (Å²) in [5, 5.41) is 0.594. The van der Waals surface area contributed by atoms with Crippen LogP contribution in [0.4, 0.5) is 4.39 Å².